The van der Waals surface area contributed by atoms with Gasteiger partial charge in [0, 0.05) is 34.9 Å². The summed E-state index contributed by atoms with van der Waals surface area (Å²) >= 11 is 0. The second-order valence-electron chi connectivity index (χ2n) is 12.3. The first-order valence-electron chi connectivity index (χ1n) is 16.1. The van der Waals surface area contributed by atoms with Gasteiger partial charge in [-0.25, -0.2) is 0 Å². The predicted molar refractivity (Wildman–Crippen MR) is 183 cm³/mol. The van der Waals surface area contributed by atoms with Crippen LogP contribution in [0.25, 0.3) is 32.4 Å². The number of aliphatic hydroxyl groups excluding tert-OH is 1. The normalized spacial score (nSPS) is 21.3. The number of pyridine rings is 1. The first kappa shape index (κ1) is 29.3. The fourth-order valence-corrected chi connectivity index (χ4v) is 7.40. The zero-order valence-corrected chi connectivity index (χ0v) is 26.0. The fraction of sp³-hybridized carbons (Fsp3) is 0.275. The van der Waals surface area contributed by atoms with E-state index in [9.17, 15) is 5.11 Å². The molecule has 1 N–H and O–H groups in total. The fourth-order valence-electron chi connectivity index (χ4n) is 7.40. The average molecular weight is 597 g/mol. The summed E-state index contributed by atoms with van der Waals surface area (Å²) in [5, 5.41) is 16.8. The van der Waals surface area contributed by atoms with Crippen LogP contribution in [-0.2, 0) is 0 Å². The smallest absolute Gasteiger partial charge is 0.135 e. The molecule has 5 heteroatoms. The third-order valence-corrected chi connectivity index (χ3v) is 9.85. The monoisotopic (exact) mass is 596 g/mol. The summed E-state index contributed by atoms with van der Waals surface area (Å²) in [5.74, 6) is 4.16. The molecule has 3 aliphatic rings. The lowest BCUT2D eigenvalue weighted by molar-refractivity contribution is -0.0562. The number of rotatable bonds is 6. The lowest BCUT2D eigenvalue weighted by atomic mass is 9.72. The summed E-state index contributed by atoms with van der Waals surface area (Å²) in [4.78, 5) is 6.94. The minimum atomic E-state index is -0.469. The van der Waals surface area contributed by atoms with Crippen LogP contribution in [0.4, 0.5) is 0 Å². The van der Waals surface area contributed by atoms with Crippen molar-refractivity contribution in [2.75, 3.05) is 20.2 Å². The van der Waals surface area contributed by atoms with Gasteiger partial charge in [0.2, 0.25) is 0 Å². The van der Waals surface area contributed by atoms with Crippen molar-refractivity contribution in [2.45, 2.75) is 38.3 Å². The zero-order chi connectivity index (χ0) is 30.8. The molecule has 5 aromatic carbocycles. The molecule has 3 fully saturated rings. The molecule has 1 unspecified atom stereocenters. The molecular weight excluding hydrogens is 556 g/mol. The van der Waals surface area contributed by atoms with E-state index in [4.69, 9.17) is 9.47 Å². The van der Waals surface area contributed by atoms with Crippen molar-refractivity contribution in [1.29, 1.82) is 0 Å². The second-order valence-corrected chi connectivity index (χ2v) is 12.3. The molecule has 0 aliphatic carbocycles. The van der Waals surface area contributed by atoms with E-state index < -0.39 is 6.10 Å². The largest absolute Gasteiger partial charge is 0.497 e. The number of hydrogen-bond donors (Lipinski definition) is 1. The number of piperidine rings is 3. The van der Waals surface area contributed by atoms with Gasteiger partial charge >= 0.3 is 0 Å². The third kappa shape index (κ3) is 5.86. The number of hydrogen-bond acceptors (Lipinski definition) is 5. The van der Waals surface area contributed by atoms with Crippen molar-refractivity contribution in [2.24, 2.45) is 11.8 Å². The molecule has 0 spiro atoms. The Kier molecular flexibility index (Phi) is 8.38. The maximum Gasteiger partial charge on any atom is 0.135 e. The first-order valence-corrected chi connectivity index (χ1v) is 16.1. The molecule has 0 radical (unpaired) electrons. The summed E-state index contributed by atoms with van der Waals surface area (Å²) in [6.07, 6.45) is 4.97. The van der Waals surface area contributed by atoms with E-state index >= 15 is 0 Å². The van der Waals surface area contributed by atoms with Crippen LogP contribution in [0.5, 0.6) is 17.2 Å². The molecule has 0 saturated carbocycles. The van der Waals surface area contributed by atoms with E-state index in [1.807, 2.05) is 72.8 Å². The number of nitrogens with zero attached hydrogens (tertiary/aromatic N) is 2. The Balaban J connectivity index is 0.000000146. The van der Waals surface area contributed by atoms with Crippen molar-refractivity contribution in [3.8, 4) is 17.2 Å². The van der Waals surface area contributed by atoms with Gasteiger partial charge in [0.15, 0.2) is 0 Å². The topological polar surface area (TPSA) is 54.8 Å². The molecule has 5 atom stereocenters. The van der Waals surface area contributed by atoms with E-state index in [0.717, 1.165) is 75.8 Å². The quantitative estimate of drug-likeness (QED) is 0.208. The van der Waals surface area contributed by atoms with Gasteiger partial charge < -0.3 is 14.6 Å². The molecule has 3 aliphatic heterocycles. The van der Waals surface area contributed by atoms with E-state index in [1.165, 1.54) is 23.6 Å². The molecule has 2 bridgehead atoms. The first-order chi connectivity index (χ1) is 22.1. The molecule has 5 nitrogen and oxygen atoms in total. The van der Waals surface area contributed by atoms with Crippen LogP contribution in [0.1, 0.15) is 37.9 Å². The van der Waals surface area contributed by atoms with Gasteiger partial charge in [0.1, 0.15) is 17.2 Å². The Labute approximate surface area is 265 Å². The van der Waals surface area contributed by atoms with Crippen molar-refractivity contribution >= 4 is 32.4 Å². The number of aliphatic hydroxyl groups is 1. The van der Waals surface area contributed by atoms with Gasteiger partial charge in [-0.1, -0.05) is 86.1 Å². The molecule has 1 aromatic heterocycles. The van der Waals surface area contributed by atoms with Crippen molar-refractivity contribution < 1.29 is 14.6 Å². The van der Waals surface area contributed by atoms with E-state index in [1.54, 1.807) is 13.3 Å². The van der Waals surface area contributed by atoms with Crippen LogP contribution in [0.3, 0.4) is 0 Å². The maximum atomic E-state index is 11.2. The van der Waals surface area contributed by atoms with Gasteiger partial charge in [0.05, 0.1) is 18.7 Å². The molecule has 9 rings (SSSR count). The minimum absolute atomic E-state index is 0.225. The number of benzene rings is 5. The van der Waals surface area contributed by atoms with Crippen molar-refractivity contribution in [3.05, 3.63) is 121 Å². The number of aromatic nitrogens is 1. The van der Waals surface area contributed by atoms with E-state index in [-0.39, 0.29) is 6.04 Å². The van der Waals surface area contributed by atoms with Crippen LogP contribution in [0.15, 0.2) is 115 Å². The van der Waals surface area contributed by atoms with Crippen LogP contribution < -0.4 is 9.47 Å². The van der Waals surface area contributed by atoms with Crippen LogP contribution in [0, 0.1) is 11.8 Å². The zero-order valence-electron chi connectivity index (χ0n) is 26.0. The highest BCUT2D eigenvalue weighted by molar-refractivity contribution is 5.91. The Hall–Kier alpha value is -4.45. The summed E-state index contributed by atoms with van der Waals surface area (Å²) in [5.41, 5.74) is 1.89. The molecule has 45 heavy (non-hydrogen) atoms. The molecule has 0 amide bonds. The SMILES string of the molecule is CC[C@H]1CN2CC[C@H]1C[C@@H]2[C@@H](O)c1ccnc2ccc(OC)cc12.c1ccc2c(Oc3cccc4ccccc34)cccc2c1. The van der Waals surface area contributed by atoms with Crippen LogP contribution in [0.2, 0.25) is 0 Å². The lowest BCUT2D eigenvalue weighted by Gasteiger charge is -2.51. The van der Waals surface area contributed by atoms with Crippen LogP contribution in [-0.4, -0.2) is 41.2 Å². The maximum absolute atomic E-state index is 11.2. The average Bonchev–Trinajstić information content (AvgIpc) is 3.11. The molecule has 6 aromatic rings. The molecule has 4 heterocycles. The highest BCUT2D eigenvalue weighted by atomic mass is 16.5. The molecule has 228 valence electrons. The Bertz CT molecular complexity index is 1850. The standard InChI is InChI=1S/C20H26N2O2.C20H14O/c1-3-13-12-22-9-7-14(13)10-19(22)20(23)16-6-8-21-18-5-4-15(24-2)11-17(16)18;1-3-11-17-15(7-1)9-5-13-19(17)21-20-14-6-10-16-8-2-4-12-18(16)20/h4-6,8,11,13-14,19-20,23H,3,7,9-10,12H2,1-2H3;1-14H/t13-,14-,19+,20-;/m0./s1. The second kappa shape index (κ2) is 12.9. The van der Waals surface area contributed by atoms with Gasteiger partial charge in [-0.15, -0.1) is 0 Å². The van der Waals surface area contributed by atoms with Gasteiger partial charge in [-0.2, -0.15) is 0 Å². The highest BCUT2D eigenvalue weighted by Crippen LogP contribution is 2.43. The van der Waals surface area contributed by atoms with Crippen LogP contribution >= 0.6 is 0 Å². The molecular formula is C40H40N2O3. The minimum Gasteiger partial charge on any atom is -0.497 e. The van der Waals surface area contributed by atoms with Crippen molar-refractivity contribution in [1.82, 2.24) is 9.88 Å². The summed E-state index contributed by atoms with van der Waals surface area (Å²) in [7, 11) is 1.67. The lowest BCUT2D eigenvalue weighted by Crippen LogP contribution is -2.55. The molecule has 3 saturated heterocycles. The van der Waals surface area contributed by atoms with E-state index in [0.29, 0.717) is 0 Å². The van der Waals surface area contributed by atoms with Gasteiger partial charge in [-0.3, -0.25) is 9.88 Å². The Morgan fingerprint density at radius 3 is 2.11 bits per heavy atom. The Morgan fingerprint density at radius 1 is 0.822 bits per heavy atom. The number of methoxy groups -OCH3 is 1. The third-order valence-electron chi connectivity index (χ3n) is 9.85. The van der Waals surface area contributed by atoms with Gasteiger partial charge in [0.25, 0.3) is 0 Å². The summed E-state index contributed by atoms with van der Waals surface area (Å²) < 4.78 is 11.6. The van der Waals surface area contributed by atoms with Gasteiger partial charge in [-0.05, 0) is 84.0 Å². The number of ether oxygens (including phenoxy) is 2. The highest BCUT2D eigenvalue weighted by Gasteiger charge is 2.42. The summed E-state index contributed by atoms with van der Waals surface area (Å²) in [6, 6.07) is 36.9. The predicted octanol–water partition coefficient (Wildman–Crippen LogP) is 9.18. The van der Waals surface area contributed by atoms with E-state index in [2.05, 4.69) is 53.2 Å². The Morgan fingerprint density at radius 2 is 1.49 bits per heavy atom. The van der Waals surface area contributed by atoms with Crippen molar-refractivity contribution in [3.63, 3.8) is 0 Å². The summed E-state index contributed by atoms with van der Waals surface area (Å²) in [6.45, 7) is 4.55. The number of fused-ring (bicyclic) bond motifs is 6.